The first kappa shape index (κ1) is 27.1. The molecule has 0 spiro atoms. The molecule has 1 heterocycles. The van der Waals surface area contributed by atoms with Crippen molar-refractivity contribution in [2.45, 2.75) is 64.2 Å². The maximum Gasteiger partial charge on any atom is 0.243 e. The Morgan fingerprint density at radius 3 is 2.86 bits per heavy atom. The quantitative estimate of drug-likeness (QED) is 0.213. The summed E-state index contributed by atoms with van der Waals surface area (Å²) < 4.78 is 16.9. The Labute approximate surface area is 209 Å². The number of allylic oxidation sites excluding steroid dienone is 1. The highest BCUT2D eigenvalue weighted by atomic mass is 16.8. The molecule has 3 rings (SSSR count). The molecule has 1 saturated heterocycles. The van der Waals surface area contributed by atoms with Crippen LogP contribution in [0.3, 0.4) is 0 Å². The zero-order chi connectivity index (χ0) is 24.7. The number of methoxy groups -OCH3 is 1. The standard InChI is InChI=1S/C28H40N2O5/c1-22(20-32-2)29-19-23(21-34-26-15-10-13-24-12-6-7-14-25(24)26)11-4-3-5-16-27(31)30-35-28-17-8-9-18-33-28/h6-7,10-15,22,28-29H,3-5,8-9,16-21H2,1-2H3,(H,30,31). The molecule has 0 aromatic heterocycles. The topological polar surface area (TPSA) is 78.1 Å². The zero-order valence-electron chi connectivity index (χ0n) is 21.1. The van der Waals surface area contributed by atoms with Crippen LogP contribution in [0.4, 0.5) is 0 Å². The van der Waals surface area contributed by atoms with E-state index >= 15 is 0 Å². The van der Waals surface area contributed by atoms with Crippen LogP contribution in [0.5, 0.6) is 5.75 Å². The summed E-state index contributed by atoms with van der Waals surface area (Å²) in [6, 6.07) is 14.6. The molecule has 2 atom stereocenters. The number of carbonyl (C=O) groups excluding carboxylic acids is 1. The van der Waals surface area contributed by atoms with Gasteiger partial charge in [-0.2, -0.15) is 0 Å². The summed E-state index contributed by atoms with van der Waals surface area (Å²) >= 11 is 0. The second-order valence-corrected chi connectivity index (χ2v) is 9.05. The fourth-order valence-corrected chi connectivity index (χ4v) is 4.01. The minimum atomic E-state index is -0.312. The summed E-state index contributed by atoms with van der Waals surface area (Å²) in [6.07, 6.45) is 7.89. The van der Waals surface area contributed by atoms with Crippen LogP contribution < -0.4 is 15.5 Å². The van der Waals surface area contributed by atoms with Gasteiger partial charge in [0.05, 0.1) is 6.61 Å². The van der Waals surface area contributed by atoms with Gasteiger partial charge in [-0.05, 0) is 56.1 Å². The van der Waals surface area contributed by atoms with E-state index in [2.05, 4.69) is 42.0 Å². The molecule has 1 fully saturated rings. The number of nitrogens with one attached hydrogen (secondary N) is 2. The van der Waals surface area contributed by atoms with Gasteiger partial charge in [0.25, 0.3) is 0 Å². The second-order valence-electron chi connectivity index (χ2n) is 9.05. The van der Waals surface area contributed by atoms with Crippen molar-refractivity contribution < 1.29 is 23.8 Å². The van der Waals surface area contributed by atoms with E-state index in [4.69, 9.17) is 19.0 Å². The highest BCUT2D eigenvalue weighted by molar-refractivity contribution is 5.88. The number of hydrogen-bond acceptors (Lipinski definition) is 6. The first-order valence-corrected chi connectivity index (χ1v) is 12.7. The molecule has 35 heavy (non-hydrogen) atoms. The third-order valence-electron chi connectivity index (χ3n) is 5.99. The lowest BCUT2D eigenvalue weighted by atomic mass is 10.1. The Balaban J connectivity index is 1.45. The van der Waals surface area contributed by atoms with E-state index < -0.39 is 0 Å². The van der Waals surface area contributed by atoms with Gasteiger partial charge in [0.15, 0.2) is 6.29 Å². The van der Waals surface area contributed by atoms with E-state index in [-0.39, 0.29) is 18.2 Å². The van der Waals surface area contributed by atoms with Gasteiger partial charge in [0, 0.05) is 44.5 Å². The van der Waals surface area contributed by atoms with Crippen LogP contribution in [0.1, 0.15) is 51.9 Å². The summed E-state index contributed by atoms with van der Waals surface area (Å²) in [7, 11) is 1.71. The van der Waals surface area contributed by atoms with Crippen LogP contribution in [-0.4, -0.2) is 51.7 Å². The normalized spacial score (nSPS) is 17.3. The van der Waals surface area contributed by atoms with Crippen LogP contribution >= 0.6 is 0 Å². The van der Waals surface area contributed by atoms with Gasteiger partial charge in [0.1, 0.15) is 12.4 Å². The van der Waals surface area contributed by atoms with Crippen molar-refractivity contribution in [2.24, 2.45) is 0 Å². The minimum Gasteiger partial charge on any atom is -0.489 e. The van der Waals surface area contributed by atoms with Crippen LogP contribution in [0.25, 0.3) is 10.8 Å². The molecule has 2 unspecified atom stereocenters. The maximum atomic E-state index is 12.0. The molecular weight excluding hydrogens is 444 g/mol. The van der Waals surface area contributed by atoms with Crippen molar-refractivity contribution in [3.05, 3.63) is 54.1 Å². The molecule has 7 heteroatoms. The molecule has 192 valence electrons. The number of amides is 1. The fraction of sp³-hybridized carbons (Fsp3) is 0.536. The molecule has 1 aliphatic rings. The SMILES string of the molecule is COCC(C)NCC(=CCCCCC(=O)NOC1CCCCO1)COc1cccc2ccccc12. The van der Waals surface area contributed by atoms with Gasteiger partial charge >= 0.3 is 0 Å². The van der Waals surface area contributed by atoms with Crippen molar-refractivity contribution in [1.82, 2.24) is 10.8 Å². The number of rotatable bonds is 15. The van der Waals surface area contributed by atoms with Gasteiger partial charge in [0.2, 0.25) is 5.91 Å². The van der Waals surface area contributed by atoms with E-state index in [9.17, 15) is 4.79 Å². The van der Waals surface area contributed by atoms with Gasteiger partial charge < -0.3 is 19.5 Å². The third-order valence-corrected chi connectivity index (χ3v) is 5.99. The largest absolute Gasteiger partial charge is 0.489 e. The lowest BCUT2D eigenvalue weighted by molar-refractivity contribution is -0.200. The molecule has 2 aromatic rings. The molecule has 2 aromatic carbocycles. The number of fused-ring (bicyclic) bond motifs is 1. The van der Waals surface area contributed by atoms with Crippen molar-refractivity contribution >= 4 is 16.7 Å². The van der Waals surface area contributed by atoms with Gasteiger partial charge in [-0.3, -0.25) is 4.79 Å². The van der Waals surface area contributed by atoms with E-state index in [0.29, 0.717) is 26.2 Å². The molecule has 1 amide bonds. The molecule has 2 N–H and O–H groups in total. The number of hydroxylamine groups is 1. The van der Waals surface area contributed by atoms with Crippen LogP contribution in [0.15, 0.2) is 54.1 Å². The van der Waals surface area contributed by atoms with Gasteiger partial charge in [-0.1, -0.05) is 42.5 Å². The molecule has 0 saturated carbocycles. The second kappa shape index (κ2) is 15.5. The van der Waals surface area contributed by atoms with E-state index in [1.807, 2.05) is 24.3 Å². The first-order valence-electron chi connectivity index (χ1n) is 12.7. The summed E-state index contributed by atoms with van der Waals surface area (Å²) in [6.45, 7) is 4.69. The van der Waals surface area contributed by atoms with E-state index in [1.54, 1.807) is 7.11 Å². The predicted molar refractivity (Wildman–Crippen MR) is 138 cm³/mol. The molecule has 1 aliphatic heterocycles. The monoisotopic (exact) mass is 484 g/mol. The van der Waals surface area contributed by atoms with Gasteiger partial charge in [-0.15, -0.1) is 0 Å². The highest BCUT2D eigenvalue weighted by Crippen LogP contribution is 2.25. The van der Waals surface area contributed by atoms with Crippen LogP contribution in [0.2, 0.25) is 0 Å². The van der Waals surface area contributed by atoms with Gasteiger partial charge in [-0.25, -0.2) is 10.3 Å². The molecule has 7 nitrogen and oxygen atoms in total. The Morgan fingerprint density at radius 1 is 1.17 bits per heavy atom. The predicted octanol–water partition coefficient (Wildman–Crippen LogP) is 4.90. The third kappa shape index (κ3) is 9.98. The van der Waals surface area contributed by atoms with Crippen LogP contribution in [-0.2, 0) is 19.1 Å². The lowest BCUT2D eigenvalue weighted by Gasteiger charge is -2.22. The molecular formula is C28H40N2O5. The summed E-state index contributed by atoms with van der Waals surface area (Å²) in [4.78, 5) is 17.4. The van der Waals surface area contributed by atoms with E-state index in [1.165, 1.54) is 11.0 Å². The molecule has 0 aliphatic carbocycles. The number of benzene rings is 2. The number of hydrogen-bond donors (Lipinski definition) is 2. The maximum absolute atomic E-state index is 12.0. The molecule has 0 radical (unpaired) electrons. The average Bonchev–Trinajstić information content (AvgIpc) is 2.89. The fourth-order valence-electron chi connectivity index (χ4n) is 4.01. The van der Waals surface area contributed by atoms with Crippen molar-refractivity contribution in [1.29, 1.82) is 0 Å². The Morgan fingerprint density at radius 2 is 2.03 bits per heavy atom. The van der Waals surface area contributed by atoms with Crippen molar-refractivity contribution in [2.75, 3.05) is 33.5 Å². The lowest BCUT2D eigenvalue weighted by Crippen LogP contribution is -2.33. The summed E-state index contributed by atoms with van der Waals surface area (Å²) in [5.41, 5.74) is 3.71. The number of carbonyl (C=O) groups is 1. The number of unbranched alkanes of at least 4 members (excludes halogenated alkanes) is 2. The Hall–Kier alpha value is -2.45. The average molecular weight is 485 g/mol. The van der Waals surface area contributed by atoms with E-state index in [0.717, 1.165) is 56.2 Å². The zero-order valence-corrected chi connectivity index (χ0v) is 21.1. The first-order chi connectivity index (χ1) is 17.2. The smallest absolute Gasteiger partial charge is 0.243 e. The summed E-state index contributed by atoms with van der Waals surface area (Å²) in [5.74, 6) is 0.787. The summed E-state index contributed by atoms with van der Waals surface area (Å²) in [5, 5.41) is 5.78. The molecule has 0 bridgehead atoms. The minimum absolute atomic E-state index is 0.0993. The van der Waals surface area contributed by atoms with Crippen molar-refractivity contribution in [3.8, 4) is 5.75 Å². The Kier molecular flexibility index (Phi) is 12.0. The van der Waals surface area contributed by atoms with Crippen molar-refractivity contribution in [3.63, 3.8) is 0 Å². The van der Waals surface area contributed by atoms with Crippen LogP contribution in [0, 0.1) is 0 Å². The highest BCUT2D eigenvalue weighted by Gasteiger charge is 2.15. The Bertz CT molecular complexity index is 921. The number of ether oxygens (including phenoxy) is 3.